The third kappa shape index (κ3) is 5.13. The molecule has 0 aliphatic carbocycles. The minimum absolute atomic E-state index is 0.243. The van der Waals surface area contributed by atoms with Gasteiger partial charge in [-0.15, -0.1) is 0 Å². The number of hydrogen-bond donors (Lipinski definition) is 2. The summed E-state index contributed by atoms with van der Waals surface area (Å²) in [7, 11) is -3.71. The molecular weight excluding hydrogens is 359 g/mol. The Morgan fingerprint density at radius 2 is 1.61 bits per heavy atom. The van der Waals surface area contributed by atoms with Gasteiger partial charge in [-0.3, -0.25) is 9.52 Å². The highest BCUT2D eigenvalue weighted by Gasteiger charge is 2.17. The number of amides is 1. The molecule has 0 radical (unpaired) electrons. The first-order valence-corrected chi connectivity index (χ1v) is 8.99. The van der Waals surface area contributed by atoms with Crippen LogP contribution in [0.5, 0.6) is 0 Å². The molecule has 5 nitrogen and oxygen atoms in total. The number of carbonyl (C=O) groups excluding carboxylic acids is 1. The fourth-order valence-corrected chi connectivity index (χ4v) is 3.88. The Morgan fingerprint density at radius 3 is 2.22 bits per heavy atom. The van der Waals surface area contributed by atoms with Crippen molar-refractivity contribution in [1.82, 2.24) is 0 Å². The number of anilines is 2. The van der Waals surface area contributed by atoms with Crippen molar-refractivity contribution in [2.24, 2.45) is 0 Å². The van der Waals surface area contributed by atoms with Crippen LogP contribution >= 0.6 is 23.2 Å². The maximum atomic E-state index is 12.3. The van der Waals surface area contributed by atoms with Crippen LogP contribution in [-0.4, -0.2) is 14.3 Å². The van der Waals surface area contributed by atoms with E-state index in [9.17, 15) is 13.2 Å². The maximum Gasteiger partial charge on any atom is 0.237 e. The lowest BCUT2D eigenvalue weighted by molar-refractivity contribution is -0.114. The van der Waals surface area contributed by atoms with E-state index in [1.54, 1.807) is 36.4 Å². The van der Waals surface area contributed by atoms with Crippen LogP contribution in [0.1, 0.15) is 12.5 Å². The largest absolute Gasteiger partial charge is 0.326 e. The first-order valence-electron chi connectivity index (χ1n) is 6.58. The Bertz CT molecular complexity index is 818. The highest BCUT2D eigenvalue weighted by atomic mass is 35.5. The first kappa shape index (κ1) is 17.6. The van der Waals surface area contributed by atoms with Crippen molar-refractivity contribution in [1.29, 1.82) is 0 Å². The van der Waals surface area contributed by atoms with Crippen molar-refractivity contribution >= 4 is 50.5 Å². The second-order valence-electron chi connectivity index (χ2n) is 4.82. The SMILES string of the molecule is CC(=O)Nc1cccc(NS(=O)(=O)Cc2c(Cl)cccc2Cl)c1. The zero-order valence-corrected chi connectivity index (χ0v) is 14.5. The molecule has 0 fully saturated rings. The molecule has 0 aliphatic heterocycles. The monoisotopic (exact) mass is 372 g/mol. The first-order chi connectivity index (χ1) is 10.8. The van der Waals surface area contributed by atoms with E-state index in [-0.39, 0.29) is 21.7 Å². The van der Waals surface area contributed by atoms with Gasteiger partial charge in [0.1, 0.15) is 0 Å². The quantitative estimate of drug-likeness (QED) is 0.835. The van der Waals surface area contributed by atoms with E-state index in [1.807, 2.05) is 0 Å². The fraction of sp³-hybridized carbons (Fsp3) is 0.133. The molecule has 2 aromatic rings. The molecule has 2 aromatic carbocycles. The van der Waals surface area contributed by atoms with Gasteiger partial charge in [0.05, 0.1) is 11.4 Å². The molecule has 0 unspecified atom stereocenters. The van der Waals surface area contributed by atoms with Crippen molar-refractivity contribution in [2.45, 2.75) is 12.7 Å². The van der Waals surface area contributed by atoms with E-state index in [2.05, 4.69) is 10.0 Å². The van der Waals surface area contributed by atoms with Gasteiger partial charge in [0.25, 0.3) is 0 Å². The highest BCUT2D eigenvalue weighted by molar-refractivity contribution is 7.91. The smallest absolute Gasteiger partial charge is 0.237 e. The van der Waals surface area contributed by atoms with Crippen LogP contribution < -0.4 is 10.0 Å². The van der Waals surface area contributed by atoms with E-state index in [1.165, 1.54) is 13.0 Å². The van der Waals surface area contributed by atoms with Crippen molar-refractivity contribution < 1.29 is 13.2 Å². The summed E-state index contributed by atoms with van der Waals surface area (Å²) >= 11 is 12.0. The van der Waals surface area contributed by atoms with Gasteiger partial charge < -0.3 is 5.32 Å². The summed E-state index contributed by atoms with van der Waals surface area (Å²) in [6, 6.07) is 11.2. The molecule has 0 aliphatic rings. The zero-order valence-electron chi connectivity index (χ0n) is 12.1. The maximum absolute atomic E-state index is 12.3. The Morgan fingerprint density at radius 1 is 1.04 bits per heavy atom. The normalized spacial score (nSPS) is 11.1. The van der Waals surface area contributed by atoms with Crippen LogP contribution in [0.15, 0.2) is 42.5 Å². The van der Waals surface area contributed by atoms with E-state index >= 15 is 0 Å². The molecule has 0 spiro atoms. The van der Waals surface area contributed by atoms with Gasteiger partial charge in [0, 0.05) is 28.2 Å². The minimum atomic E-state index is -3.71. The van der Waals surface area contributed by atoms with Crippen molar-refractivity contribution in [3.8, 4) is 0 Å². The molecule has 8 heteroatoms. The number of sulfonamides is 1. The molecule has 122 valence electrons. The van der Waals surface area contributed by atoms with Crippen LogP contribution in [-0.2, 0) is 20.6 Å². The Kier molecular flexibility index (Phi) is 5.51. The summed E-state index contributed by atoms with van der Waals surface area (Å²) in [5.41, 5.74) is 1.16. The molecular formula is C15H14Cl2N2O3S. The third-order valence-corrected chi connectivity index (χ3v) is 4.78. The molecule has 2 rings (SSSR count). The van der Waals surface area contributed by atoms with E-state index in [0.717, 1.165) is 0 Å². The van der Waals surface area contributed by atoms with Gasteiger partial charge in [0.15, 0.2) is 0 Å². The van der Waals surface area contributed by atoms with Gasteiger partial charge in [0.2, 0.25) is 15.9 Å². The predicted molar refractivity (Wildman–Crippen MR) is 93.5 cm³/mol. The van der Waals surface area contributed by atoms with Crippen LogP contribution in [0.2, 0.25) is 10.0 Å². The number of benzene rings is 2. The van der Waals surface area contributed by atoms with Gasteiger partial charge in [-0.1, -0.05) is 35.3 Å². The summed E-state index contributed by atoms with van der Waals surface area (Å²) in [5, 5.41) is 3.16. The van der Waals surface area contributed by atoms with Crippen molar-refractivity contribution in [2.75, 3.05) is 10.0 Å². The molecule has 1 amide bonds. The number of nitrogens with one attached hydrogen (secondary N) is 2. The van der Waals surface area contributed by atoms with Crippen LogP contribution in [0.4, 0.5) is 11.4 Å². The standard InChI is InChI=1S/C15H14Cl2N2O3S/c1-10(20)18-11-4-2-5-12(8-11)19-23(21,22)9-13-14(16)6-3-7-15(13)17/h2-8,19H,9H2,1H3,(H,18,20). The molecule has 23 heavy (non-hydrogen) atoms. The van der Waals surface area contributed by atoms with Crippen molar-refractivity contribution in [3.05, 3.63) is 58.1 Å². The number of carbonyl (C=O) groups is 1. The van der Waals surface area contributed by atoms with E-state index in [0.29, 0.717) is 16.9 Å². The van der Waals surface area contributed by atoms with Gasteiger partial charge in [-0.05, 0) is 30.3 Å². The second kappa shape index (κ2) is 7.21. The molecule has 0 bridgehead atoms. The van der Waals surface area contributed by atoms with Crippen LogP contribution in [0.3, 0.4) is 0 Å². The predicted octanol–water partition coefficient (Wildman–Crippen LogP) is 3.89. The third-order valence-electron chi connectivity index (χ3n) is 2.85. The van der Waals surface area contributed by atoms with E-state index < -0.39 is 10.0 Å². The summed E-state index contributed by atoms with van der Waals surface area (Å²) in [4.78, 5) is 11.0. The molecule has 0 atom stereocenters. The summed E-state index contributed by atoms with van der Waals surface area (Å²) < 4.78 is 27.0. The Balaban J connectivity index is 2.20. The number of hydrogen-bond acceptors (Lipinski definition) is 3. The molecule has 0 saturated carbocycles. The average molecular weight is 373 g/mol. The number of halogens is 2. The van der Waals surface area contributed by atoms with Gasteiger partial charge >= 0.3 is 0 Å². The topological polar surface area (TPSA) is 75.3 Å². The summed E-state index contributed by atoms with van der Waals surface area (Å²) in [6.07, 6.45) is 0. The zero-order chi connectivity index (χ0) is 17.0. The Labute approximate surface area is 144 Å². The highest BCUT2D eigenvalue weighted by Crippen LogP contribution is 2.27. The summed E-state index contributed by atoms with van der Waals surface area (Å²) in [6.45, 7) is 1.37. The lowest BCUT2D eigenvalue weighted by Gasteiger charge is -2.11. The van der Waals surface area contributed by atoms with Gasteiger partial charge in [-0.2, -0.15) is 0 Å². The second-order valence-corrected chi connectivity index (χ2v) is 7.36. The van der Waals surface area contributed by atoms with Crippen LogP contribution in [0, 0.1) is 0 Å². The molecule has 0 heterocycles. The van der Waals surface area contributed by atoms with Crippen molar-refractivity contribution in [3.63, 3.8) is 0 Å². The minimum Gasteiger partial charge on any atom is -0.326 e. The average Bonchev–Trinajstić information content (AvgIpc) is 2.42. The van der Waals surface area contributed by atoms with Gasteiger partial charge in [-0.25, -0.2) is 8.42 Å². The Hall–Kier alpha value is -1.76. The fourth-order valence-electron chi connectivity index (χ4n) is 1.94. The lowest BCUT2D eigenvalue weighted by Crippen LogP contribution is -2.16. The summed E-state index contributed by atoms with van der Waals surface area (Å²) in [5.74, 6) is -0.594. The molecule has 2 N–H and O–H groups in total. The van der Waals surface area contributed by atoms with Crippen LogP contribution in [0.25, 0.3) is 0 Å². The van der Waals surface area contributed by atoms with E-state index in [4.69, 9.17) is 23.2 Å². The number of rotatable bonds is 5. The molecule has 0 saturated heterocycles. The lowest BCUT2D eigenvalue weighted by atomic mass is 10.2. The molecule has 0 aromatic heterocycles.